The molecule has 0 bridgehead atoms. The van der Waals surface area contributed by atoms with Gasteiger partial charge in [0.1, 0.15) is 37.0 Å². The third kappa shape index (κ3) is 10.1. The Morgan fingerprint density at radius 1 is 0.763 bits per heavy atom. The Bertz CT molecular complexity index is 2220. The van der Waals surface area contributed by atoms with Gasteiger partial charge in [-0.05, 0) is 62.6 Å². The van der Waals surface area contributed by atoms with Crippen LogP contribution in [0.15, 0.2) is 97.1 Å². The van der Waals surface area contributed by atoms with Gasteiger partial charge >= 0.3 is 18.1 Å². The first kappa shape index (κ1) is 39.9. The SMILES string of the molecule is CC(C)(C)OC(=O)N1CCC[C@H]1COc1nc2c(c(N3CCN(CC(=O)OCc4ccccc4)CC3)n1)CCN(c1cc(OCc3ccccc3)cc3ccccc13)C2. The van der Waals surface area contributed by atoms with E-state index in [2.05, 4.69) is 63.2 Å². The molecule has 0 saturated carbocycles. The minimum Gasteiger partial charge on any atom is -0.489 e. The Balaban J connectivity index is 1.02. The summed E-state index contributed by atoms with van der Waals surface area (Å²) in [6.45, 7) is 11.6. The van der Waals surface area contributed by atoms with E-state index in [0.29, 0.717) is 51.9 Å². The summed E-state index contributed by atoms with van der Waals surface area (Å²) in [5.41, 5.74) is 4.62. The molecule has 0 spiro atoms. The fraction of sp³-hybridized carbons (Fsp3) is 0.404. The number of aromatic nitrogens is 2. The second-order valence-electron chi connectivity index (χ2n) is 16.6. The molecule has 3 aliphatic rings. The van der Waals surface area contributed by atoms with Crippen LogP contribution in [0.3, 0.4) is 0 Å². The van der Waals surface area contributed by atoms with E-state index in [1.165, 1.54) is 0 Å². The number of carbonyl (C=O) groups is 2. The first-order valence-corrected chi connectivity index (χ1v) is 20.8. The molecule has 1 amide bonds. The van der Waals surface area contributed by atoms with Gasteiger partial charge in [0.05, 0.1) is 24.8 Å². The minimum atomic E-state index is -0.585. The van der Waals surface area contributed by atoms with Gasteiger partial charge in [-0.2, -0.15) is 9.97 Å². The van der Waals surface area contributed by atoms with Crippen molar-refractivity contribution in [2.24, 2.45) is 0 Å². The Kier molecular flexibility index (Phi) is 12.1. The number of nitrogens with zero attached hydrogens (tertiary/aromatic N) is 6. The third-order valence-electron chi connectivity index (χ3n) is 11.1. The molecule has 1 aromatic heterocycles. The molecule has 12 heteroatoms. The van der Waals surface area contributed by atoms with E-state index in [4.69, 9.17) is 28.9 Å². The summed E-state index contributed by atoms with van der Waals surface area (Å²) in [7, 11) is 0. The lowest BCUT2D eigenvalue weighted by Gasteiger charge is -2.38. The summed E-state index contributed by atoms with van der Waals surface area (Å²) in [5, 5.41) is 2.26. The molecule has 0 unspecified atom stereocenters. The highest BCUT2D eigenvalue weighted by molar-refractivity contribution is 5.96. The van der Waals surface area contributed by atoms with E-state index >= 15 is 0 Å². The van der Waals surface area contributed by atoms with Crippen LogP contribution >= 0.6 is 0 Å². The van der Waals surface area contributed by atoms with Gasteiger partial charge < -0.3 is 33.6 Å². The van der Waals surface area contributed by atoms with E-state index in [1.54, 1.807) is 4.90 Å². The van der Waals surface area contributed by atoms with Crippen LogP contribution in [0, 0.1) is 0 Å². The standard InChI is InChI=1S/C47H54N6O6/c1-47(2,3)59-46(55)53-21-12-18-37(53)33-58-45-48-41-29-52(42-28-38(27-36-17-10-11-19-39(36)42)56-31-34-13-6-4-7-14-34)22-20-40(41)44(49-45)51-25-23-50(24-26-51)30-43(54)57-32-35-15-8-5-9-16-35/h4-11,13-17,19,27-28,37H,12,18,20-26,29-33H2,1-3H3/t37-/m0/s1. The van der Waals surface area contributed by atoms with Crippen molar-refractivity contribution in [1.29, 1.82) is 0 Å². The van der Waals surface area contributed by atoms with Gasteiger partial charge in [-0.3, -0.25) is 9.69 Å². The molecular formula is C47H54N6O6. The van der Waals surface area contributed by atoms with Crippen molar-refractivity contribution in [3.05, 3.63) is 119 Å². The normalized spacial score (nSPS) is 17.1. The lowest BCUT2D eigenvalue weighted by molar-refractivity contribution is -0.146. The van der Waals surface area contributed by atoms with Crippen molar-refractivity contribution in [3.8, 4) is 11.8 Å². The quantitative estimate of drug-likeness (QED) is 0.118. The molecule has 0 aliphatic carbocycles. The maximum atomic E-state index is 13.1. The summed E-state index contributed by atoms with van der Waals surface area (Å²) >= 11 is 0. The highest BCUT2D eigenvalue weighted by atomic mass is 16.6. The lowest BCUT2D eigenvalue weighted by Crippen LogP contribution is -2.49. The molecule has 59 heavy (non-hydrogen) atoms. The van der Waals surface area contributed by atoms with Crippen molar-refractivity contribution in [3.63, 3.8) is 0 Å². The maximum absolute atomic E-state index is 13.1. The van der Waals surface area contributed by atoms with E-state index < -0.39 is 5.60 Å². The fourth-order valence-corrected chi connectivity index (χ4v) is 8.09. The minimum absolute atomic E-state index is 0.139. The molecule has 8 rings (SSSR count). The van der Waals surface area contributed by atoms with Gasteiger partial charge in [-0.1, -0.05) is 84.9 Å². The number of rotatable bonds is 12. The van der Waals surface area contributed by atoms with Gasteiger partial charge in [0, 0.05) is 62.0 Å². The van der Waals surface area contributed by atoms with Crippen LogP contribution in [0.25, 0.3) is 10.8 Å². The molecule has 4 aromatic carbocycles. The number of piperazine rings is 1. The number of esters is 1. The zero-order valence-electron chi connectivity index (χ0n) is 34.3. The van der Waals surface area contributed by atoms with Crippen molar-refractivity contribution >= 4 is 34.3 Å². The van der Waals surface area contributed by atoms with Gasteiger partial charge in [0.2, 0.25) is 0 Å². The number of likely N-dealkylation sites (tertiary alicyclic amines) is 1. The average molecular weight is 799 g/mol. The number of hydrogen-bond donors (Lipinski definition) is 0. The molecule has 12 nitrogen and oxygen atoms in total. The Morgan fingerprint density at radius 3 is 2.22 bits per heavy atom. The first-order chi connectivity index (χ1) is 28.6. The van der Waals surface area contributed by atoms with E-state index in [0.717, 1.165) is 76.2 Å². The number of fused-ring (bicyclic) bond motifs is 2. The summed E-state index contributed by atoms with van der Waals surface area (Å²) in [5.74, 6) is 1.46. The van der Waals surface area contributed by atoms with Gasteiger partial charge in [0.25, 0.3) is 0 Å². The average Bonchev–Trinajstić information content (AvgIpc) is 3.73. The molecule has 3 aliphatic heterocycles. The van der Waals surface area contributed by atoms with Crippen LogP contribution in [0.1, 0.15) is 56.0 Å². The molecule has 0 N–H and O–H groups in total. The number of carbonyl (C=O) groups excluding carboxylic acids is 2. The molecule has 2 saturated heterocycles. The Morgan fingerprint density at radius 2 is 1.47 bits per heavy atom. The predicted molar refractivity (Wildman–Crippen MR) is 228 cm³/mol. The zero-order valence-corrected chi connectivity index (χ0v) is 34.3. The van der Waals surface area contributed by atoms with Crippen LogP contribution in [-0.4, -0.2) is 95.9 Å². The molecule has 0 radical (unpaired) electrons. The highest BCUT2D eigenvalue weighted by Gasteiger charge is 2.34. The largest absolute Gasteiger partial charge is 0.489 e. The summed E-state index contributed by atoms with van der Waals surface area (Å²) in [6.07, 6.45) is 2.12. The highest BCUT2D eigenvalue weighted by Crippen LogP contribution is 2.37. The van der Waals surface area contributed by atoms with Crippen LogP contribution in [-0.2, 0) is 40.4 Å². The molecule has 5 aromatic rings. The summed E-state index contributed by atoms with van der Waals surface area (Å²) in [4.78, 5) is 44.6. The van der Waals surface area contributed by atoms with Crippen molar-refractivity contribution in [2.45, 2.75) is 71.4 Å². The summed E-state index contributed by atoms with van der Waals surface area (Å²) < 4.78 is 24.1. The van der Waals surface area contributed by atoms with Crippen molar-refractivity contribution < 1.29 is 28.5 Å². The molecule has 4 heterocycles. The first-order valence-electron chi connectivity index (χ1n) is 20.8. The van der Waals surface area contributed by atoms with Gasteiger partial charge in [-0.15, -0.1) is 0 Å². The van der Waals surface area contributed by atoms with Crippen LogP contribution < -0.4 is 19.3 Å². The van der Waals surface area contributed by atoms with Crippen LogP contribution in [0.5, 0.6) is 11.8 Å². The number of ether oxygens (including phenoxy) is 4. The van der Waals surface area contributed by atoms with Gasteiger partial charge in [-0.25, -0.2) is 4.79 Å². The molecule has 2 fully saturated rings. The Hall–Kier alpha value is -5.88. The van der Waals surface area contributed by atoms with E-state index in [1.807, 2.05) is 69.3 Å². The lowest BCUT2D eigenvalue weighted by atomic mass is 10.0. The molecule has 308 valence electrons. The monoisotopic (exact) mass is 798 g/mol. The second-order valence-corrected chi connectivity index (χ2v) is 16.6. The topological polar surface area (TPSA) is 110 Å². The predicted octanol–water partition coefficient (Wildman–Crippen LogP) is 7.42. The maximum Gasteiger partial charge on any atom is 0.410 e. The van der Waals surface area contributed by atoms with Gasteiger partial charge in [0.15, 0.2) is 0 Å². The summed E-state index contributed by atoms with van der Waals surface area (Å²) in [6, 6.07) is 32.8. The second kappa shape index (κ2) is 17.9. The number of amides is 1. The third-order valence-corrected chi connectivity index (χ3v) is 11.1. The van der Waals surface area contributed by atoms with E-state index in [-0.39, 0.29) is 37.9 Å². The fourth-order valence-electron chi connectivity index (χ4n) is 8.09. The number of benzene rings is 4. The number of hydrogen-bond acceptors (Lipinski definition) is 11. The van der Waals surface area contributed by atoms with Crippen LogP contribution in [0.4, 0.5) is 16.3 Å². The molecular weight excluding hydrogens is 745 g/mol. The molecule has 1 atom stereocenters. The van der Waals surface area contributed by atoms with Crippen molar-refractivity contribution in [2.75, 3.05) is 62.2 Å². The smallest absolute Gasteiger partial charge is 0.410 e. The number of anilines is 2. The van der Waals surface area contributed by atoms with Crippen LogP contribution in [0.2, 0.25) is 0 Å². The van der Waals surface area contributed by atoms with Crippen molar-refractivity contribution in [1.82, 2.24) is 19.8 Å². The van der Waals surface area contributed by atoms with E-state index in [9.17, 15) is 9.59 Å². The Labute approximate surface area is 346 Å². The zero-order chi connectivity index (χ0) is 40.8.